The summed E-state index contributed by atoms with van der Waals surface area (Å²) in [5, 5.41) is 3.48. The van der Waals surface area contributed by atoms with Crippen LogP contribution < -0.4 is 16.0 Å². The fraction of sp³-hybridized carbons (Fsp3) is 0.684. The molecule has 10 heteroatoms. The van der Waals surface area contributed by atoms with E-state index in [-0.39, 0.29) is 29.9 Å². The van der Waals surface area contributed by atoms with E-state index in [0.29, 0.717) is 12.3 Å². The summed E-state index contributed by atoms with van der Waals surface area (Å²) >= 11 is 0. The van der Waals surface area contributed by atoms with Crippen molar-refractivity contribution in [3.05, 3.63) is 18.5 Å². The number of nitrogens with one attached hydrogen (secondary N) is 1. The zero-order chi connectivity index (χ0) is 19.8. The van der Waals surface area contributed by atoms with Gasteiger partial charge in [0.25, 0.3) is 0 Å². The molecule has 3 heterocycles. The molecule has 3 N–H and O–H groups in total. The maximum atomic E-state index is 11.2. The number of aliphatic imine (C=N–C) groups is 1. The van der Waals surface area contributed by atoms with Gasteiger partial charge in [-0.25, -0.2) is 9.97 Å². The van der Waals surface area contributed by atoms with Crippen molar-refractivity contribution in [2.45, 2.75) is 19.3 Å². The minimum atomic E-state index is -0.213. The van der Waals surface area contributed by atoms with E-state index in [4.69, 9.17) is 5.73 Å². The third-order valence-electron chi connectivity index (χ3n) is 5.44. The van der Waals surface area contributed by atoms with Crippen LogP contribution in [0.2, 0.25) is 0 Å². The number of nitrogens with zero attached hydrogens (tertiary/aromatic N) is 6. The number of hydrogen-bond acceptors (Lipinski definition) is 6. The summed E-state index contributed by atoms with van der Waals surface area (Å²) in [6, 6.07) is 1.84. The summed E-state index contributed by atoms with van der Waals surface area (Å²) in [5.74, 6) is 1.86. The van der Waals surface area contributed by atoms with Crippen molar-refractivity contribution in [3.8, 4) is 0 Å². The van der Waals surface area contributed by atoms with Crippen molar-refractivity contribution in [1.29, 1.82) is 0 Å². The first-order valence-corrected chi connectivity index (χ1v) is 10.1. The number of nitrogens with two attached hydrogens (primary N) is 1. The Morgan fingerprint density at radius 3 is 2.62 bits per heavy atom. The molecule has 0 bridgehead atoms. The van der Waals surface area contributed by atoms with Crippen LogP contribution in [0.1, 0.15) is 19.3 Å². The molecule has 29 heavy (non-hydrogen) atoms. The number of rotatable bonds is 6. The Morgan fingerprint density at radius 1 is 1.24 bits per heavy atom. The number of piperazine rings is 1. The van der Waals surface area contributed by atoms with Gasteiger partial charge in [-0.15, -0.1) is 24.0 Å². The molecular weight excluding hydrogens is 483 g/mol. The molecule has 1 aromatic rings. The maximum absolute atomic E-state index is 11.2. The number of hydrogen-bond donors (Lipinski definition) is 2. The zero-order valence-electron chi connectivity index (χ0n) is 17.2. The van der Waals surface area contributed by atoms with Gasteiger partial charge in [0.05, 0.1) is 0 Å². The number of primary amides is 1. The fourth-order valence-corrected chi connectivity index (χ4v) is 3.99. The SMILES string of the molecule is CN=C(NCCN1CCN(c2ncccn2)CC1)N1CCCC(CC(N)=O)C1.I. The highest BCUT2D eigenvalue weighted by Crippen LogP contribution is 2.19. The molecule has 2 fully saturated rings. The molecule has 0 radical (unpaired) electrons. The first-order chi connectivity index (χ1) is 13.7. The van der Waals surface area contributed by atoms with Crippen molar-refractivity contribution >= 4 is 41.8 Å². The largest absolute Gasteiger partial charge is 0.370 e. The van der Waals surface area contributed by atoms with Crippen LogP contribution in [0.25, 0.3) is 0 Å². The third-order valence-corrected chi connectivity index (χ3v) is 5.44. The molecule has 0 aliphatic carbocycles. The van der Waals surface area contributed by atoms with Crippen LogP contribution in [0.15, 0.2) is 23.5 Å². The summed E-state index contributed by atoms with van der Waals surface area (Å²) in [5.41, 5.74) is 5.37. The number of amides is 1. The molecule has 1 aromatic heterocycles. The fourth-order valence-electron chi connectivity index (χ4n) is 3.99. The molecule has 1 amide bonds. The molecule has 9 nitrogen and oxygen atoms in total. The number of halogens is 1. The Balaban J connectivity index is 0.00000300. The number of aromatic nitrogens is 2. The molecule has 1 atom stereocenters. The van der Waals surface area contributed by atoms with Crippen LogP contribution >= 0.6 is 24.0 Å². The highest BCUT2D eigenvalue weighted by Gasteiger charge is 2.24. The molecule has 3 rings (SSSR count). The van der Waals surface area contributed by atoms with Gasteiger partial charge in [0.2, 0.25) is 11.9 Å². The van der Waals surface area contributed by atoms with Crippen LogP contribution in [0.4, 0.5) is 5.95 Å². The average Bonchev–Trinajstić information content (AvgIpc) is 2.72. The van der Waals surface area contributed by atoms with Crippen LogP contribution in [0.3, 0.4) is 0 Å². The van der Waals surface area contributed by atoms with E-state index in [1.54, 1.807) is 12.4 Å². The second-order valence-corrected chi connectivity index (χ2v) is 7.48. The number of likely N-dealkylation sites (tertiary alicyclic amines) is 1. The zero-order valence-corrected chi connectivity index (χ0v) is 19.5. The minimum absolute atomic E-state index is 0. The van der Waals surface area contributed by atoms with Crippen molar-refractivity contribution in [1.82, 2.24) is 25.1 Å². The van der Waals surface area contributed by atoms with Gasteiger partial charge in [0, 0.05) is 78.2 Å². The molecule has 1 unspecified atom stereocenters. The third kappa shape index (κ3) is 7.25. The second kappa shape index (κ2) is 12.1. The summed E-state index contributed by atoms with van der Waals surface area (Å²) < 4.78 is 0. The molecule has 162 valence electrons. The number of carbonyl (C=O) groups excluding carboxylic acids is 1. The molecule has 2 aliphatic heterocycles. The van der Waals surface area contributed by atoms with Crippen LogP contribution in [0.5, 0.6) is 0 Å². The number of carbonyl (C=O) groups is 1. The minimum Gasteiger partial charge on any atom is -0.370 e. The van der Waals surface area contributed by atoms with Crippen LogP contribution in [0, 0.1) is 5.92 Å². The Kier molecular flexibility index (Phi) is 9.85. The lowest BCUT2D eigenvalue weighted by Crippen LogP contribution is -2.51. The highest BCUT2D eigenvalue weighted by atomic mass is 127. The predicted molar refractivity (Wildman–Crippen MR) is 126 cm³/mol. The Morgan fingerprint density at radius 2 is 1.97 bits per heavy atom. The monoisotopic (exact) mass is 516 g/mol. The Bertz CT molecular complexity index is 651. The standard InChI is InChI=1S/C19H32N8O.HI/c1-21-18(27-8-2-4-16(15-27)14-17(20)28)24-7-9-25-10-12-26(13-11-25)19-22-5-3-6-23-19;/h3,5-6,16H,2,4,7-15H2,1H3,(H2,20,28)(H,21,24);1H. The number of piperidine rings is 1. The molecule has 0 saturated carbocycles. The van der Waals surface area contributed by atoms with E-state index >= 15 is 0 Å². The van der Waals surface area contributed by atoms with E-state index in [1.165, 1.54) is 0 Å². The highest BCUT2D eigenvalue weighted by molar-refractivity contribution is 14.0. The summed E-state index contributed by atoms with van der Waals surface area (Å²) in [4.78, 5) is 31.2. The summed E-state index contributed by atoms with van der Waals surface area (Å²) in [6.45, 7) is 7.54. The van der Waals surface area contributed by atoms with Gasteiger partial charge in [0.15, 0.2) is 5.96 Å². The second-order valence-electron chi connectivity index (χ2n) is 7.48. The molecular formula is C19H33IN8O. The quantitative estimate of drug-likeness (QED) is 0.320. The first kappa shape index (κ1) is 23.6. The van der Waals surface area contributed by atoms with Gasteiger partial charge in [-0.2, -0.15) is 0 Å². The van der Waals surface area contributed by atoms with E-state index < -0.39 is 0 Å². The average molecular weight is 516 g/mol. The number of guanidine groups is 1. The van der Waals surface area contributed by atoms with Crippen molar-refractivity contribution in [3.63, 3.8) is 0 Å². The van der Waals surface area contributed by atoms with E-state index in [9.17, 15) is 4.79 Å². The van der Waals surface area contributed by atoms with Crippen molar-refractivity contribution in [2.24, 2.45) is 16.6 Å². The topological polar surface area (TPSA) is 103 Å². The van der Waals surface area contributed by atoms with E-state index in [0.717, 1.165) is 77.1 Å². The lowest BCUT2D eigenvalue weighted by molar-refractivity contribution is -0.119. The maximum Gasteiger partial charge on any atom is 0.225 e. The van der Waals surface area contributed by atoms with Gasteiger partial charge >= 0.3 is 0 Å². The molecule has 2 aliphatic rings. The summed E-state index contributed by atoms with van der Waals surface area (Å²) in [6.07, 6.45) is 6.18. The summed E-state index contributed by atoms with van der Waals surface area (Å²) in [7, 11) is 1.82. The Hall–Kier alpha value is -1.69. The van der Waals surface area contributed by atoms with Gasteiger partial charge in [-0.3, -0.25) is 14.7 Å². The Labute approximate surface area is 190 Å². The van der Waals surface area contributed by atoms with Crippen molar-refractivity contribution in [2.75, 3.05) is 64.3 Å². The van der Waals surface area contributed by atoms with Gasteiger partial charge < -0.3 is 20.9 Å². The van der Waals surface area contributed by atoms with E-state index in [2.05, 4.69) is 35.0 Å². The molecule has 0 aromatic carbocycles. The molecule has 2 saturated heterocycles. The normalized spacial score (nSPS) is 20.9. The van der Waals surface area contributed by atoms with Gasteiger partial charge in [-0.05, 0) is 24.8 Å². The molecule has 0 spiro atoms. The van der Waals surface area contributed by atoms with Crippen LogP contribution in [-0.4, -0.2) is 91.0 Å². The van der Waals surface area contributed by atoms with Gasteiger partial charge in [0.1, 0.15) is 0 Å². The lowest BCUT2D eigenvalue weighted by atomic mass is 9.95. The van der Waals surface area contributed by atoms with Crippen molar-refractivity contribution < 1.29 is 4.79 Å². The smallest absolute Gasteiger partial charge is 0.225 e. The predicted octanol–water partition coefficient (Wildman–Crippen LogP) is 0.379. The first-order valence-electron chi connectivity index (χ1n) is 10.1. The number of anilines is 1. The van der Waals surface area contributed by atoms with Crippen LogP contribution in [-0.2, 0) is 4.79 Å². The van der Waals surface area contributed by atoms with Gasteiger partial charge in [-0.1, -0.05) is 0 Å². The lowest BCUT2D eigenvalue weighted by Gasteiger charge is -2.36. The van der Waals surface area contributed by atoms with E-state index in [1.807, 2.05) is 13.1 Å².